The van der Waals surface area contributed by atoms with E-state index in [0.717, 1.165) is 16.9 Å². The van der Waals surface area contributed by atoms with Crippen LogP contribution in [0.1, 0.15) is 28.4 Å². The van der Waals surface area contributed by atoms with Gasteiger partial charge in [0.2, 0.25) is 0 Å². The van der Waals surface area contributed by atoms with Crippen LogP contribution in [-0.4, -0.2) is 19.6 Å². The van der Waals surface area contributed by atoms with Gasteiger partial charge < -0.3 is 14.8 Å². The molecule has 0 aliphatic carbocycles. The van der Waals surface area contributed by atoms with Gasteiger partial charge in [0, 0.05) is 24.3 Å². The first-order valence-corrected chi connectivity index (χ1v) is 7.31. The molecule has 0 fully saturated rings. The Bertz CT molecular complexity index is 611. The number of carbonyl (C=O) groups is 1. The number of rotatable bonds is 7. The van der Waals surface area contributed by atoms with E-state index in [4.69, 9.17) is 9.47 Å². The molecule has 4 heteroatoms. The molecule has 22 heavy (non-hydrogen) atoms. The minimum absolute atomic E-state index is 0.107. The Hall–Kier alpha value is -2.33. The predicted octanol–water partition coefficient (Wildman–Crippen LogP) is 3.16. The lowest BCUT2D eigenvalue weighted by molar-refractivity contribution is 0.0950. The van der Waals surface area contributed by atoms with Crippen molar-refractivity contribution in [3.8, 4) is 5.75 Å². The van der Waals surface area contributed by atoms with Gasteiger partial charge in [-0.25, -0.2) is 0 Å². The monoisotopic (exact) mass is 299 g/mol. The van der Waals surface area contributed by atoms with Crippen LogP contribution in [0.4, 0.5) is 0 Å². The van der Waals surface area contributed by atoms with Crippen LogP contribution in [0.3, 0.4) is 0 Å². The van der Waals surface area contributed by atoms with Crippen molar-refractivity contribution in [3.05, 3.63) is 65.2 Å². The van der Waals surface area contributed by atoms with Crippen LogP contribution in [-0.2, 0) is 17.9 Å². The van der Waals surface area contributed by atoms with Gasteiger partial charge in [0.05, 0.1) is 13.7 Å². The molecule has 0 aliphatic rings. The third-order valence-corrected chi connectivity index (χ3v) is 3.30. The van der Waals surface area contributed by atoms with Crippen molar-refractivity contribution < 1.29 is 14.3 Å². The fourth-order valence-electron chi connectivity index (χ4n) is 2.12. The molecule has 0 radical (unpaired) electrons. The van der Waals surface area contributed by atoms with Gasteiger partial charge in [-0.05, 0) is 30.7 Å². The van der Waals surface area contributed by atoms with Gasteiger partial charge in [-0.15, -0.1) is 0 Å². The Morgan fingerprint density at radius 1 is 1.14 bits per heavy atom. The number of amides is 1. The smallest absolute Gasteiger partial charge is 0.251 e. The summed E-state index contributed by atoms with van der Waals surface area (Å²) in [4.78, 5) is 12.3. The third-order valence-electron chi connectivity index (χ3n) is 3.30. The lowest BCUT2D eigenvalue weighted by atomic mass is 10.1. The van der Waals surface area contributed by atoms with Gasteiger partial charge in [-0.2, -0.15) is 0 Å². The lowest BCUT2D eigenvalue weighted by Crippen LogP contribution is -2.22. The lowest BCUT2D eigenvalue weighted by Gasteiger charge is -2.11. The fourth-order valence-corrected chi connectivity index (χ4v) is 2.12. The number of carbonyl (C=O) groups excluding carboxylic acids is 1. The molecule has 2 aromatic rings. The largest absolute Gasteiger partial charge is 0.496 e. The second kappa shape index (κ2) is 8.20. The molecule has 0 aliphatic heterocycles. The van der Waals surface area contributed by atoms with E-state index >= 15 is 0 Å². The number of nitrogens with one attached hydrogen (secondary N) is 1. The second-order valence-electron chi connectivity index (χ2n) is 4.83. The maximum Gasteiger partial charge on any atom is 0.251 e. The molecule has 0 saturated heterocycles. The summed E-state index contributed by atoms with van der Waals surface area (Å²) in [5.41, 5.74) is 2.54. The van der Waals surface area contributed by atoms with Crippen molar-refractivity contribution in [1.82, 2.24) is 5.32 Å². The average Bonchev–Trinajstić information content (AvgIpc) is 2.58. The fraction of sp³-hybridized carbons (Fsp3) is 0.278. The van der Waals surface area contributed by atoms with E-state index in [-0.39, 0.29) is 5.91 Å². The van der Waals surface area contributed by atoms with E-state index in [1.54, 1.807) is 19.2 Å². The molecule has 1 amide bonds. The Morgan fingerprint density at radius 3 is 2.59 bits per heavy atom. The molecule has 2 aromatic carbocycles. The van der Waals surface area contributed by atoms with Crippen molar-refractivity contribution >= 4 is 5.91 Å². The van der Waals surface area contributed by atoms with Gasteiger partial charge in [0.25, 0.3) is 5.91 Å². The zero-order valence-corrected chi connectivity index (χ0v) is 13.0. The highest BCUT2D eigenvalue weighted by Gasteiger charge is 2.10. The van der Waals surface area contributed by atoms with E-state index in [1.807, 2.05) is 43.3 Å². The summed E-state index contributed by atoms with van der Waals surface area (Å²) in [7, 11) is 1.61. The zero-order chi connectivity index (χ0) is 15.8. The number of hydrogen-bond donors (Lipinski definition) is 1. The Labute approximate surface area is 131 Å². The van der Waals surface area contributed by atoms with Gasteiger partial charge in [0.15, 0.2) is 0 Å². The maximum absolute atomic E-state index is 12.3. The first-order chi connectivity index (χ1) is 10.7. The highest BCUT2D eigenvalue weighted by Crippen LogP contribution is 2.21. The van der Waals surface area contributed by atoms with E-state index < -0.39 is 0 Å². The first-order valence-electron chi connectivity index (χ1n) is 7.31. The summed E-state index contributed by atoms with van der Waals surface area (Å²) in [5.74, 6) is 0.623. The van der Waals surface area contributed by atoms with Crippen LogP contribution in [0.2, 0.25) is 0 Å². The van der Waals surface area contributed by atoms with Crippen LogP contribution in [0.15, 0.2) is 48.5 Å². The molecule has 1 N–H and O–H groups in total. The first kappa shape index (κ1) is 16.0. The molecule has 0 atom stereocenters. The molecule has 0 saturated carbocycles. The van der Waals surface area contributed by atoms with Crippen LogP contribution in [0.25, 0.3) is 0 Å². The molecule has 116 valence electrons. The molecule has 4 nitrogen and oxygen atoms in total. The van der Waals surface area contributed by atoms with E-state index in [2.05, 4.69) is 5.32 Å². The Kier molecular flexibility index (Phi) is 5.98. The van der Waals surface area contributed by atoms with Crippen LogP contribution >= 0.6 is 0 Å². The van der Waals surface area contributed by atoms with Crippen molar-refractivity contribution in [2.24, 2.45) is 0 Å². The van der Waals surface area contributed by atoms with Crippen molar-refractivity contribution in [1.29, 1.82) is 0 Å². The Balaban J connectivity index is 2.05. The quantitative estimate of drug-likeness (QED) is 0.854. The third kappa shape index (κ3) is 4.33. The van der Waals surface area contributed by atoms with E-state index in [1.165, 1.54) is 0 Å². The number of benzene rings is 2. The van der Waals surface area contributed by atoms with Crippen molar-refractivity contribution in [2.75, 3.05) is 13.7 Å². The van der Waals surface area contributed by atoms with E-state index in [9.17, 15) is 4.79 Å². The highest BCUT2D eigenvalue weighted by molar-refractivity contribution is 5.94. The zero-order valence-electron chi connectivity index (χ0n) is 13.0. The molecular weight excluding hydrogens is 278 g/mol. The highest BCUT2D eigenvalue weighted by atomic mass is 16.5. The van der Waals surface area contributed by atoms with Crippen LogP contribution < -0.4 is 10.1 Å². The summed E-state index contributed by atoms with van der Waals surface area (Å²) in [6.45, 7) is 3.49. The molecule has 0 spiro atoms. The molecular formula is C18H21NO3. The molecule has 2 rings (SSSR count). The maximum atomic E-state index is 12.3. The van der Waals surface area contributed by atoms with E-state index in [0.29, 0.717) is 25.3 Å². The van der Waals surface area contributed by atoms with Gasteiger partial charge in [-0.1, -0.05) is 30.3 Å². The summed E-state index contributed by atoms with van der Waals surface area (Å²) < 4.78 is 10.7. The summed E-state index contributed by atoms with van der Waals surface area (Å²) in [6, 6.07) is 15.2. The molecule has 0 heterocycles. The predicted molar refractivity (Wildman–Crippen MR) is 85.9 cm³/mol. The summed E-state index contributed by atoms with van der Waals surface area (Å²) >= 11 is 0. The Morgan fingerprint density at radius 2 is 1.91 bits per heavy atom. The summed E-state index contributed by atoms with van der Waals surface area (Å²) in [6.07, 6.45) is 0. The summed E-state index contributed by atoms with van der Waals surface area (Å²) in [5, 5.41) is 2.92. The molecule has 0 bridgehead atoms. The number of hydrogen-bond acceptors (Lipinski definition) is 3. The van der Waals surface area contributed by atoms with Gasteiger partial charge in [0.1, 0.15) is 5.75 Å². The topological polar surface area (TPSA) is 47.6 Å². The van der Waals surface area contributed by atoms with Crippen LogP contribution in [0.5, 0.6) is 5.75 Å². The molecule has 0 aromatic heterocycles. The standard InChI is InChI=1S/C18H21NO3/c1-3-22-13-16-11-15(9-10-17(16)21-2)18(20)19-12-14-7-5-4-6-8-14/h4-11H,3,12-13H2,1-2H3,(H,19,20). The van der Waals surface area contributed by atoms with Crippen molar-refractivity contribution in [3.63, 3.8) is 0 Å². The minimum Gasteiger partial charge on any atom is -0.496 e. The average molecular weight is 299 g/mol. The number of ether oxygens (including phenoxy) is 2. The van der Waals surface area contributed by atoms with Gasteiger partial charge in [-0.3, -0.25) is 4.79 Å². The minimum atomic E-state index is -0.107. The number of methoxy groups -OCH3 is 1. The van der Waals surface area contributed by atoms with Crippen LogP contribution in [0, 0.1) is 0 Å². The second-order valence-corrected chi connectivity index (χ2v) is 4.83. The SMILES string of the molecule is CCOCc1cc(C(=O)NCc2ccccc2)ccc1OC. The van der Waals surface area contributed by atoms with Crippen molar-refractivity contribution in [2.45, 2.75) is 20.1 Å². The van der Waals surface area contributed by atoms with Gasteiger partial charge >= 0.3 is 0 Å². The molecule has 0 unspecified atom stereocenters. The normalized spacial score (nSPS) is 10.3.